The van der Waals surface area contributed by atoms with E-state index in [2.05, 4.69) is 0 Å². The Hall–Kier alpha value is -2.34. The Morgan fingerprint density at radius 1 is 0.850 bits per heavy atom. The van der Waals surface area contributed by atoms with Gasteiger partial charge >= 0.3 is 11.1 Å². The highest BCUT2D eigenvalue weighted by Gasteiger charge is 2.15. The topological polar surface area (TPSA) is 138 Å². The lowest BCUT2D eigenvalue weighted by molar-refractivity contribution is -0.610. The van der Waals surface area contributed by atoms with E-state index in [4.69, 9.17) is 0 Å². The molecule has 0 aliphatic heterocycles. The maximum absolute atomic E-state index is 11.2. The molecule has 0 aromatic carbocycles. The highest BCUT2D eigenvalue weighted by Crippen LogP contribution is 2.34. The smallest absolute Gasteiger partial charge is 0.349 e. The van der Waals surface area contributed by atoms with Crippen molar-refractivity contribution in [1.29, 1.82) is 0 Å². The highest BCUT2D eigenvalue weighted by atomic mass is 33.1. The molecule has 0 aliphatic rings. The Labute approximate surface area is 117 Å². The van der Waals surface area contributed by atoms with Crippen molar-refractivity contribution in [3.05, 3.63) is 55.9 Å². The quantitative estimate of drug-likeness (QED) is 0.303. The average molecular weight is 318 g/mol. The molecule has 2 rings (SSSR count). The van der Waals surface area contributed by atoms with Crippen LogP contribution in [0.25, 0.3) is 0 Å². The molecule has 0 saturated carbocycles. The second-order valence-corrected chi connectivity index (χ2v) is 5.55. The lowest BCUT2D eigenvalue weighted by atomic mass is 10.7. The average Bonchev–Trinajstić information content (AvgIpc) is 2.37. The largest absolute Gasteiger partial charge is 0.618 e. The van der Waals surface area contributed by atoms with E-state index in [0.717, 1.165) is 12.4 Å². The van der Waals surface area contributed by atoms with Crippen LogP contribution in [0.1, 0.15) is 0 Å². The second-order valence-electron chi connectivity index (χ2n) is 3.38. The summed E-state index contributed by atoms with van der Waals surface area (Å²) in [6.07, 6.45) is 3.05. The zero-order valence-electron chi connectivity index (χ0n) is 9.44. The van der Waals surface area contributed by atoms with Crippen LogP contribution in [0.4, 0.5) is 0 Å². The van der Waals surface area contributed by atoms with E-state index < -0.39 is 11.1 Å². The predicted molar refractivity (Wildman–Crippen MR) is 65.4 cm³/mol. The van der Waals surface area contributed by atoms with E-state index >= 15 is 0 Å². The van der Waals surface area contributed by atoms with Gasteiger partial charge in [-0.25, -0.2) is 0 Å². The Bertz CT molecular complexity index is 707. The molecule has 0 spiro atoms. The maximum atomic E-state index is 11.2. The van der Waals surface area contributed by atoms with Crippen molar-refractivity contribution >= 4 is 21.6 Å². The van der Waals surface area contributed by atoms with Crippen LogP contribution in [-0.4, -0.2) is 19.9 Å². The van der Waals surface area contributed by atoms with Gasteiger partial charge in [0.2, 0.25) is 24.8 Å². The van der Waals surface area contributed by atoms with Crippen molar-refractivity contribution in [2.75, 3.05) is 0 Å². The molecule has 2 aromatic heterocycles. The normalized spacial score (nSPS) is 10.6. The summed E-state index contributed by atoms with van der Waals surface area (Å²) in [6.45, 7) is 0. The van der Waals surface area contributed by atoms with Crippen LogP contribution in [-0.2, 0) is 0 Å². The van der Waals surface area contributed by atoms with E-state index in [1.54, 1.807) is 0 Å². The Morgan fingerprint density at radius 3 is 1.55 bits per heavy atom. The molecule has 0 aliphatic carbocycles. The third-order valence-electron chi connectivity index (χ3n) is 2.00. The summed E-state index contributed by atoms with van der Waals surface area (Å²) in [6, 6.07) is 0. The van der Waals surface area contributed by atoms with E-state index in [0.29, 0.717) is 34.0 Å². The summed E-state index contributed by atoms with van der Waals surface area (Å²) < 4.78 is 0.839. The Kier molecular flexibility index (Phi) is 3.76. The van der Waals surface area contributed by atoms with Crippen LogP contribution in [0.15, 0.2) is 44.4 Å². The molecule has 106 valence electrons. The number of hydrogen-bond acceptors (Lipinski definition) is 8. The molecule has 10 nitrogen and oxygen atoms in total. The summed E-state index contributed by atoms with van der Waals surface area (Å²) in [4.78, 5) is 22.3. The minimum Gasteiger partial charge on any atom is -0.618 e. The molecule has 0 unspecified atom stereocenters. The standard InChI is InChI=1S/C8H6N4O6S2/c13-5-1-9(15)3-7(11(5)17)19-20-8-4-10(16)2-6(14)12(8)18/h1-4,17-18H. The summed E-state index contributed by atoms with van der Waals surface area (Å²) >= 11 is 0. The minimum atomic E-state index is -0.945. The van der Waals surface area contributed by atoms with Crippen molar-refractivity contribution in [3.63, 3.8) is 0 Å². The molecule has 0 radical (unpaired) electrons. The van der Waals surface area contributed by atoms with E-state index in [1.807, 2.05) is 0 Å². The summed E-state index contributed by atoms with van der Waals surface area (Å²) in [5.74, 6) is 0. The lowest BCUT2D eigenvalue weighted by Crippen LogP contribution is -2.36. The Balaban J connectivity index is 2.30. The number of nitrogens with zero attached hydrogens (tertiary/aromatic N) is 4. The molecule has 2 N–H and O–H groups in total. The third-order valence-corrected chi connectivity index (χ3v) is 4.25. The van der Waals surface area contributed by atoms with Gasteiger partial charge in [-0.2, -0.15) is 9.46 Å². The van der Waals surface area contributed by atoms with Crippen molar-refractivity contribution < 1.29 is 19.9 Å². The second kappa shape index (κ2) is 5.34. The van der Waals surface area contributed by atoms with E-state index in [1.165, 1.54) is 0 Å². The fraction of sp³-hybridized carbons (Fsp3) is 0. The minimum absolute atomic E-state index is 0.147. The molecular formula is C8H6N4O6S2. The van der Waals surface area contributed by atoms with E-state index in [9.17, 15) is 30.4 Å². The molecule has 0 bridgehead atoms. The van der Waals surface area contributed by atoms with Gasteiger partial charge in [0.05, 0.1) is 0 Å². The van der Waals surface area contributed by atoms with Crippen LogP contribution in [0.5, 0.6) is 0 Å². The summed E-state index contributed by atoms with van der Waals surface area (Å²) in [5.41, 5.74) is -1.89. The van der Waals surface area contributed by atoms with Crippen LogP contribution in [0.3, 0.4) is 0 Å². The first kappa shape index (κ1) is 14.1. The molecule has 12 heteroatoms. The fourth-order valence-corrected chi connectivity index (χ4v) is 3.12. The molecule has 0 fully saturated rings. The van der Waals surface area contributed by atoms with Gasteiger partial charge in [0.15, 0.2) is 10.1 Å². The van der Waals surface area contributed by atoms with Crippen LogP contribution in [0.2, 0.25) is 0 Å². The van der Waals surface area contributed by atoms with Crippen LogP contribution >= 0.6 is 21.6 Å². The fourth-order valence-electron chi connectivity index (χ4n) is 1.14. The number of hydrogen-bond donors (Lipinski definition) is 2. The van der Waals surface area contributed by atoms with Crippen molar-refractivity contribution in [2.24, 2.45) is 0 Å². The maximum Gasteiger partial charge on any atom is 0.349 e. The van der Waals surface area contributed by atoms with Crippen molar-refractivity contribution in [1.82, 2.24) is 9.46 Å². The first-order chi connectivity index (χ1) is 9.38. The summed E-state index contributed by atoms with van der Waals surface area (Å²) in [5, 5.41) is 40.6. The SMILES string of the molecule is O=c1c[n+]([O-])cc(SSc2c[n+]([O-])cc(=O)n2O)n1O. The zero-order chi connectivity index (χ0) is 14.9. The Morgan fingerprint density at radius 2 is 1.20 bits per heavy atom. The molecular weight excluding hydrogens is 312 g/mol. The van der Waals surface area contributed by atoms with Gasteiger partial charge in [0.25, 0.3) is 0 Å². The molecule has 2 heterocycles. The first-order valence-corrected chi connectivity index (χ1v) is 6.98. The predicted octanol–water partition coefficient (Wildman–Crippen LogP) is -1.45. The molecule has 0 saturated heterocycles. The molecule has 0 amide bonds. The van der Waals surface area contributed by atoms with Gasteiger partial charge in [-0.1, -0.05) is 0 Å². The van der Waals surface area contributed by atoms with Crippen molar-refractivity contribution in [2.45, 2.75) is 10.1 Å². The van der Waals surface area contributed by atoms with E-state index in [-0.39, 0.29) is 29.0 Å². The van der Waals surface area contributed by atoms with Gasteiger partial charge in [-0.3, -0.25) is 9.59 Å². The summed E-state index contributed by atoms with van der Waals surface area (Å²) in [7, 11) is 1.39. The monoisotopic (exact) mass is 318 g/mol. The van der Waals surface area contributed by atoms with Gasteiger partial charge in [0, 0.05) is 0 Å². The van der Waals surface area contributed by atoms with Crippen LogP contribution < -0.4 is 20.6 Å². The number of aromatic nitrogens is 4. The van der Waals surface area contributed by atoms with Gasteiger partial charge in [-0.05, 0) is 21.6 Å². The highest BCUT2D eigenvalue weighted by molar-refractivity contribution is 8.76. The molecule has 0 atom stereocenters. The van der Waals surface area contributed by atoms with Crippen LogP contribution in [0, 0.1) is 10.4 Å². The van der Waals surface area contributed by atoms with Crippen molar-refractivity contribution in [3.8, 4) is 0 Å². The van der Waals surface area contributed by atoms with Gasteiger partial charge in [0.1, 0.15) is 0 Å². The first-order valence-electron chi connectivity index (χ1n) is 4.83. The van der Waals surface area contributed by atoms with Gasteiger partial charge < -0.3 is 20.8 Å². The molecule has 2 aromatic rings. The van der Waals surface area contributed by atoms with Gasteiger partial charge in [-0.15, -0.1) is 9.46 Å². The zero-order valence-corrected chi connectivity index (χ0v) is 11.1. The number of rotatable bonds is 3. The molecule has 20 heavy (non-hydrogen) atoms. The third kappa shape index (κ3) is 2.80. The lowest BCUT2D eigenvalue weighted by Gasteiger charge is -2.06.